The van der Waals surface area contributed by atoms with Crippen LogP contribution in [0, 0.1) is 0 Å². The van der Waals surface area contributed by atoms with Gasteiger partial charge in [-0.15, -0.1) is 0 Å². The molecule has 1 fully saturated rings. The second-order valence-electron chi connectivity index (χ2n) is 5.95. The third kappa shape index (κ3) is 4.70. The molecule has 1 aromatic heterocycles. The zero-order valence-corrected chi connectivity index (χ0v) is 13.8. The lowest BCUT2D eigenvalue weighted by molar-refractivity contribution is 0.0550. The van der Waals surface area contributed by atoms with E-state index in [1.54, 1.807) is 6.20 Å². The van der Waals surface area contributed by atoms with Gasteiger partial charge in [-0.1, -0.05) is 29.8 Å². The summed E-state index contributed by atoms with van der Waals surface area (Å²) in [6, 6.07) is 9.99. The Morgan fingerprint density at radius 3 is 2.65 bits per heavy atom. The van der Waals surface area contributed by atoms with Gasteiger partial charge in [-0.2, -0.15) is 5.10 Å². The number of aliphatic hydroxyl groups is 1. The molecule has 5 nitrogen and oxygen atoms in total. The van der Waals surface area contributed by atoms with Crippen LogP contribution in [-0.4, -0.2) is 52.1 Å². The fourth-order valence-corrected chi connectivity index (χ4v) is 3.08. The highest BCUT2D eigenvalue weighted by molar-refractivity contribution is 6.30. The molecule has 23 heavy (non-hydrogen) atoms. The van der Waals surface area contributed by atoms with Crippen molar-refractivity contribution in [1.82, 2.24) is 14.7 Å². The summed E-state index contributed by atoms with van der Waals surface area (Å²) in [7, 11) is 0. The number of β-amino-alcohol motifs (C(OH)–C–C–N with tert-alkyl or cyclic N) is 1. The molecule has 1 aliphatic rings. The van der Waals surface area contributed by atoms with E-state index in [9.17, 15) is 5.11 Å². The van der Waals surface area contributed by atoms with E-state index in [4.69, 9.17) is 16.3 Å². The van der Waals surface area contributed by atoms with Gasteiger partial charge in [0.2, 0.25) is 0 Å². The van der Waals surface area contributed by atoms with Crippen LogP contribution < -0.4 is 4.74 Å². The van der Waals surface area contributed by atoms with Gasteiger partial charge in [-0.3, -0.25) is 4.68 Å². The van der Waals surface area contributed by atoms with Crippen LogP contribution in [0.2, 0.25) is 5.02 Å². The van der Waals surface area contributed by atoms with Crippen molar-refractivity contribution in [3.8, 4) is 5.75 Å². The van der Waals surface area contributed by atoms with E-state index >= 15 is 0 Å². The molecule has 1 N–H and O–H groups in total. The van der Waals surface area contributed by atoms with Crippen LogP contribution in [0.15, 0.2) is 42.7 Å². The van der Waals surface area contributed by atoms with Crippen LogP contribution in [0.5, 0.6) is 5.75 Å². The van der Waals surface area contributed by atoms with E-state index in [1.807, 2.05) is 41.2 Å². The first-order valence-corrected chi connectivity index (χ1v) is 8.36. The van der Waals surface area contributed by atoms with Gasteiger partial charge >= 0.3 is 0 Å². The van der Waals surface area contributed by atoms with Crippen molar-refractivity contribution < 1.29 is 9.84 Å². The molecular formula is C17H22ClN3O2. The molecule has 0 radical (unpaired) electrons. The number of hydrogen-bond acceptors (Lipinski definition) is 4. The highest BCUT2D eigenvalue weighted by Gasteiger charge is 2.22. The van der Waals surface area contributed by atoms with Crippen molar-refractivity contribution in [2.24, 2.45) is 0 Å². The van der Waals surface area contributed by atoms with Crippen LogP contribution in [-0.2, 0) is 0 Å². The van der Waals surface area contributed by atoms with Gasteiger partial charge in [0.25, 0.3) is 0 Å². The molecule has 1 atom stereocenters. The van der Waals surface area contributed by atoms with E-state index in [0.717, 1.165) is 31.7 Å². The largest absolute Gasteiger partial charge is 0.491 e. The average molecular weight is 336 g/mol. The smallest absolute Gasteiger partial charge is 0.119 e. The lowest BCUT2D eigenvalue weighted by atomic mass is 10.1. The van der Waals surface area contributed by atoms with Crippen LogP contribution in [0.4, 0.5) is 0 Å². The van der Waals surface area contributed by atoms with Crippen LogP contribution in [0.25, 0.3) is 0 Å². The Kier molecular flexibility index (Phi) is 5.54. The van der Waals surface area contributed by atoms with Gasteiger partial charge in [-0.25, -0.2) is 0 Å². The third-order valence-corrected chi connectivity index (χ3v) is 4.35. The first kappa shape index (κ1) is 16.3. The predicted molar refractivity (Wildman–Crippen MR) is 89.9 cm³/mol. The fraction of sp³-hybridized carbons (Fsp3) is 0.471. The number of halogens is 1. The van der Waals surface area contributed by atoms with Crippen molar-refractivity contribution in [1.29, 1.82) is 0 Å². The lowest BCUT2D eigenvalue weighted by Gasteiger charge is -2.33. The number of aromatic nitrogens is 2. The van der Waals surface area contributed by atoms with Crippen LogP contribution >= 0.6 is 11.6 Å². The molecule has 124 valence electrons. The molecule has 2 heterocycles. The first-order valence-electron chi connectivity index (χ1n) is 7.98. The number of ether oxygens (including phenoxy) is 1. The van der Waals surface area contributed by atoms with E-state index in [-0.39, 0.29) is 0 Å². The quantitative estimate of drug-likeness (QED) is 0.881. The maximum absolute atomic E-state index is 10.1. The summed E-state index contributed by atoms with van der Waals surface area (Å²) in [6.07, 6.45) is 5.11. The van der Waals surface area contributed by atoms with Gasteiger partial charge in [0.1, 0.15) is 18.5 Å². The maximum Gasteiger partial charge on any atom is 0.119 e. The summed E-state index contributed by atoms with van der Waals surface area (Å²) in [5, 5.41) is 15.1. The number of benzene rings is 1. The van der Waals surface area contributed by atoms with E-state index < -0.39 is 6.10 Å². The summed E-state index contributed by atoms with van der Waals surface area (Å²) >= 11 is 5.92. The lowest BCUT2D eigenvalue weighted by Crippen LogP contribution is -2.41. The van der Waals surface area contributed by atoms with Crippen LogP contribution in [0.1, 0.15) is 18.9 Å². The Hall–Kier alpha value is -1.56. The summed E-state index contributed by atoms with van der Waals surface area (Å²) in [5.41, 5.74) is 0. The Morgan fingerprint density at radius 1 is 1.26 bits per heavy atom. The molecule has 1 saturated heterocycles. The van der Waals surface area contributed by atoms with Gasteiger partial charge in [0.15, 0.2) is 0 Å². The highest BCUT2D eigenvalue weighted by atomic mass is 35.5. The summed E-state index contributed by atoms with van der Waals surface area (Å²) in [5.74, 6) is 0.792. The zero-order chi connectivity index (χ0) is 16.1. The first-order chi connectivity index (χ1) is 11.2. The van der Waals surface area contributed by atoms with Crippen molar-refractivity contribution in [2.75, 3.05) is 26.2 Å². The van der Waals surface area contributed by atoms with E-state index in [0.29, 0.717) is 24.2 Å². The highest BCUT2D eigenvalue weighted by Crippen LogP contribution is 2.23. The number of nitrogens with zero attached hydrogens (tertiary/aromatic N) is 3. The Balaban J connectivity index is 1.40. The minimum Gasteiger partial charge on any atom is -0.491 e. The number of aliphatic hydroxyl groups excluding tert-OH is 1. The van der Waals surface area contributed by atoms with Crippen molar-refractivity contribution in [3.63, 3.8) is 0 Å². The molecule has 1 unspecified atom stereocenters. The van der Waals surface area contributed by atoms with Gasteiger partial charge in [-0.05, 0) is 25.0 Å². The van der Waals surface area contributed by atoms with E-state index in [1.165, 1.54) is 0 Å². The molecule has 1 aliphatic heterocycles. The normalized spacial score (nSPS) is 18.0. The number of piperidine rings is 1. The zero-order valence-electron chi connectivity index (χ0n) is 13.0. The molecule has 0 amide bonds. The Labute approximate surface area is 141 Å². The second kappa shape index (κ2) is 7.81. The number of likely N-dealkylation sites (tertiary alicyclic amines) is 1. The minimum atomic E-state index is -0.481. The third-order valence-electron chi connectivity index (χ3n) is 4.16. The molecule has 1 aromatic carbocycles. The summed E-state index contributed by atoms with van der Waals surface area (Å²) in [6.45, 7) is 2.85. The van der Waals surface area contributed by atoms with Crippen LogP contribution in [0.3, 0.4) is 0 Å². The summed E-state index contributed by atoms with van der Waals surface area (Å²) in [4.78, 5) is 2.28. The molecule has 0 saturated carbocycles. The standard InChI is InChI=1S/C17H22ClN3O2/c18-14-10-19-21(11-14)15-6-8-20(9-7-15)12-16(22)13-23-17-4-2-1-3-5-17/h1-5,10-11,15-16,22H,6-9,12-13H2. The molecule has 6 heteroatoms. The summed E-state index contributed by atoms with van der Waals surface area (Å²) < 4.78 is 7.55. The predicted octanol–water partition coefficient (Wildman–Crippen LogP) is 2.61. The number of para-hydroxylation sites is 1. The van der Waals surface area contributed by atoms with Gasteiger partial charge in [0, 0.05) is 25.8 Å². The van der Waals surface area contributed by atoms with Crippen molar-refractivity contribution >= 4 is 11.6 Å². The minimum absolute atomic E-state index is 0.318. The topological polar surface area (TPSA) is 50.5 Å². The monoisotopic (exact) mass is 335 g/mol. The maximum atomic E-state index is 10.1. The molecule has 0 bridgehead atoms. The van der Waals surface area contributed by atoms with Crippen molar-refractivity contribution in [2.45, 2.75) is 25.0 Å². The average Bonchev–Trinajstić information content (AvgIpc) is 3.01. The molecular weight excluding hydrogens is 314 g/mol. The van der Waals surface area contributed by atoms with E-state index in [2.05, 4.69) is 10.00 Å². The Bertz CT molecular complexity index is 597. The molecule has 3 rings (SSSR count). The molecule has 2 aromatic rings. The van der Waals surface area contributed by atoms with Crippen molar-refractivity contribution in [3.05, 3.63) is 47.7 Å². The Morgan fingerprint density at radius 2 is 2.00 bits per heavy atom. The second-order valence-corrected chi connectivity index (χ2v) is 6.38. The fourth-order valence-electron chi connectivity index (χ4n) is 2.94. The molecule has 0 aliphatic carbocycles. The van der Waals surface area contributed by atoms with Gasteiger partial charge in [0.05, 0.1) is 17.3 Å². The molecule has 0 spiro atoms. The number of hydrogen-bond donors (Lipinski definition) is 1. The number of rotatable bonds is 6. The SMILES string of the molecule is OC(COc1ccccc1)CN1CCC(n2cc(Cl)cn2)CC1. The van der Waals surface area contributed by atoms with Gasteiger partial charge < -0.3 is 14.7 Å².